The molecular formula is C15H11BrN4O2. The predicted molar refractivity (Wildman–Crippen MR) is 86.3 cm³/mol. The number of amides is 1. The van der Waals surface area contributed by atoms with Gasteiger partial charge in [0.2, 0.25) is 5.82 Å². The van der Waals surface area contributed by atoms with Crippen LogP contribution in [0.1, 0.15) is 10.6 Å². The molecule has 1 amide bonds. The van der Waals surface area contributed by atoms with E-state index in [4.69, 9.17) is 0 Å². The van der Waals surface area contributed by atoms with Crippen LogP contribution in [0.5, 0.6) is 0 Å². The highest BCUT2D eigenvalue weighted by atomic mass is 79.9. The highest BCUT2D eigenvalue weighted by Gasteiger charge is 2.14. The maximum Gasteiger partial charge on any atom is 0.348 e. The van der Waals surface area contributed by atoms with Crippen molar-refractivity contribution in [2.75, 3.05) is 5.32 Å². The minimum Gasteiger partial charge on any atom is -0.319 e. The maximum atomic E-state index is 12.1. The third-order valence-corrected chi connectivity index (χ3v) is 3.41. The first-order valence-corrected chi connectivity index (χ1v) is 7.24. The first-order chi connectivity index (χ1) is 10.6. The number of H-pyrrole nitrogens is 1. The van der Waals surface area contributed by atoms with Crippen LogP contribution in [0.4, 0.5) is 5.69 Å². The first kappa shape index (κ1) is 14.3. The molecule has 3 aromatic rings. The number of anilines is 1. The molecule has 0 atom stereocenters. The number of nitrogens with one attached hydrogen (secondary N) is 2. The second kappa shape index (κ2) is 5.98. The number of benzene rings is 2. The van der Waals surface area contributed by atoms with Crippen LogP contribution in [0, 0.1) is 0 Å². The van der Waals surface area contributed by atoms with Gasteiger partial charge in [0.05, 0.1) is 5.69 Å². The van der Waals surface area contributed by atoms with E-state index in [0.717, 1.165) is 9.15 Å². The molecule has 0 spiro atoms. The summed E-state index contributed by atoms with van der Waals surface area (Å²) in [4.78, 5) is 26.5. The summed E-state index contributed by atoms with van der Waals surface area (Å²) in [5, 5.41) is 6.70. The molecule has 1 aromatic heterocycles. The van der Waals surface area contributed by atoms with E-state index in [9.17, 15) is 9.59 Å². The summed E-state index contributed by atoms with van der Waals surface area (Å²) in [5.74, 6) is -0.529. The number of aromatic nitrogens is 3. The summed E-state index contributed by atoms with van der Waals surface area (Å²) in [6.45, 7) is 0. The smallest absolute Gasteiger partial charge is 0.319 e. The van der Waals surface area contributed by atoms with Crippen LogP contribution in [0.15, 0.2) is 63.9 Å². The Balaban J connectivity index is 1.87. The molecule has 0 aliphatic heterocycles. The Kier molecular flexibility index (Phi) is 3.88. The van der Waals surface area contributed by atoms with Crippen LogP contribution >= 0.6 is 15.9 Å². The number of aromatic amines is 1. The Bertz CT molecular complexity index is 871. The van der Waals surface area contributed by atoms with Gasteiger partial charge in [-0.05, 0) is 30.3 Å². The van der Waals surface area contributed by atoms with Gasteiger partial charge in [-0.1, -0.05) is 40.2 Å². The number of carbonyl (C=O) groups excluding carboxylic acids is 1. The number of para-hydroxylation sites is 1. The van der Waals surface area contributed by atoms with E-state index in [-0.39, 0.29) is 5.82 Å². The Labute approximate surface area is 133 Å². The van der Waals surface area contributed by atoms with E-state index in [2.05, 4.69) is 31.3 Å². The van der Waals surface area contributed by atoms with Gasteiger partial charge in [-0.15, -0.1) is 5.10 Å². The molecule has 3 rings (SSSR count). The van der Waals surface area contributed by atoms with E-state index in [1.54, 1.807) is 42.5 Å². The van der Waals surface area contributed by atoms with E-state index < -0.39 is 11.6 Å². The van der Waals surface area contributed by atoms with Crippen LogP contribution in [-0.2, 0) is 0 Å². The van der Waals surface area contributed by atoms with Gasteiger partial charge >= 0.3 is 5.69 Å². The summed E-state index contributed by atoms with van der Waals surface area (Å²) >= 11 is 3.33. The first-order valence-electron chi connectivity index (χ1n) is 6.45. The van der Waals surface area contributed by atoms with Gasteiger partial charge < -0.3 is 5.32 Å². The van der Waals surface area contributed by atoms with Gasteiger partial charge in [-0.2, -0.15) is 4.68 Å². The van der Waals surface area contributed by atoms with Gasteiger partial charge in [-0.25, -0.2) is 4.79 Å². The fraction of sp³-hybridized carbons (Fsp3) is 0. The zero-order chi connectivity index (χ0) is 15.5. The van der Waals surface area contributed by atoms with Crippen LogP contribution in [0.25, 0.3) is 5.69 Å². The molecule has 0 bridgehead atoms. The fourth-order valence-electron chi connectivity index (χ4n) is 1.93. The number of rotatable bonds is 3. The molecule has 6 nitrogen and oxygen atoms in total. The summed E-state index contributed by atoms with van der Waals surface area (Å²) in [6, 6.07) is 16.0. The molecule has 0 fully saturated rings. The van der Waals surface area contributed by atoms with E-state index >= 15 is 0 Å². The molecule has 7 heteroatoms. The highest BCUT2D eigenvalue weighted by molar-refractivity contribution is 9.10. The number of hydrogen-bond acceptors (Lipinski definition) is 3. The van der Waals surface area contributed by atoms with Gasteiger partial charge in [-0.3, -0.25) is 9.78 Å². The molecule has 0 saturated heterocycles. The maximum absolute atomic E-state index is 12.1. The Morgan fingerprint density at radius 2 is 1.91 bits per heavy atom. The second-order valence-electron chi connectivity index (χ2n) is 4.49. The Morgan fingerprint density at radius 1 is 1.14 bits per heavy atom. The third-order valence-electron chi connectivity index (χ3n) is 2.92. The standard InChI is InChI=1S/C15H11BrN4O2/c16-10-5-4-6-11(9-10)17-14(21)13-18-15(22)20(19-13)12-7-2-1-3-8-12/h1-9H,(H,17,21)(H,18,19,22). The molecule has 0 saturated carbocycles. The number of carbonyl (C=O) groups is 1. The monoisotopic (exact) mass is 358 g/mol. The van der Waals surface area contributed by atoms with Crippen molar-refractivity contribution in [1.29, 1.82) is 0 Å². The quantitative estimate of drug-likeness (QED) is 0.754. The van der Waals surface area contributed by atoms with E-state index in [1.165, 1.54) is 0 Å². The summed E-state index contributed by atoms with van der Waals surface area (Å²) in [5.41, 5.74) is 0.727. The largest absolute Gasteiger partial charge is 0.348 e. The van der Waals surface area contributed by atoms with Gasteiger partial charge in [0.1, 0.15) is 0 Å². The molecule has 0 aliphatic carbocycles. The molecule has 22 heavy (non-hydrogen) atoms. The van der Waals surface area contributed by atoms with Gasteiger partial charge in [0.15, 0.2) is 0 Å². The van der Waals surface area contributed by atoms with Crippen LogP contribution in [0.2, 0.25) is 0 Å². The number of nitrogens with zero attached hydrogens (tertiary/aromatic N) is 2. The lowest BCUT2D eigenvalue weighted by Crippen LogP contribution is -2.15. The molecule has 2 N–H and O–H groups in total. The number of halogens is 1. The zero-order valence-electron chi connectivity index (χ0n) is 11.3. The van der Waals surface area contributed by atoms with Crippen molar-refractivity contribution in [3.05, 3.63) is 75.4 Å². The van der Waals surface area contributed by atoms with Crippen LogP contribution in [-0.4, -0.2) is 20.7 Å². The SMILES string of the molecule is O=C(Nc1cccc(Br)c1)c1nn(-c2ccccc2)c(=O)[nH]1. The van der Waals surface area contributed by atoms with Crippen molar-refractivity contribution in [3.63, 3.8) is 0 Å². The Morgan fingerprint density at radius 3 is 2.64 bits per heavy atom. The minimum atomic E-state index is -0.482. The molecule has 2 aromatic carbocycles. The average Bonchev–Trinajstić information content (AvgIpc) is 2.90. The van der Waals surface area contributed by atoms with Crippen LogP contribution < -0.4 is 11.0 Å². The number of hydrogen-bond donors (Lipinski definition) is 2. The zero-order valence-corrected chi connectivity index (χ0v) is 12.9. The lowest BCUT2D eigenvalue weighted by Gasteiger charge is -2.02. The summed E-state index contributed by atoms with van der Waals surface area (Å²) in [7, 11) is 0. The van der Waals surface area contributed by atoms with Crippen molar-refractivity contribution in [3.8, 4) is 5.69 Å². The van der Waals surface area contributed by atoms with Gasteiger partial charge in [0.25, 0.3) is 5.91 Å². The van der Waals surface area contributed by atoms with Crippen molar-refractivity contribution in [1.82, 2.24) is 14.8 Å². The van der Waals surface area contributed by atoms with Crippen molar-refractivity contribution in [2.24, 2.45) is 0 Å². The Hall–Kier alpha value is -2.67. The minimum absolute atomic E-state index is 0.0474. The summed E-state index contributed by atoms with van der Waals surface area (Å²) in [6.07, 6.45) is 0. The summed E-state index contributed by atoms with van der Waals surface area (Å²) < 4.78 is 1.99. The van der Waals surface area contributed by atoms with Crippen molar-refractivity contribution < 1.29 is 4.79 Å². The molecular weight excluding hydrogens is 348 g/mol. The lowest BCUT2D eigenvalue weighted by atomic mass is 10.3. The van der Waals surface area contributed by atoms with Crippen molar-refractivity contribution >= 4 is 27.5 Å². The molecule has 0 radical (unpaired) electrons. The third kappa shape index (κ3) is 2.99. The highest BCUT2D eigenvalue weighted by Crippen LogP contribution is 2.16. The second-order valence-corrected chi connectivity index (χ2v) is 5.41. The normalized spacial score (nSPS) is 10.4. The molecule has 110 valence electrons. The van der Waals surface area contributed by atoms with E-state index in [0.29, 0.717) is 11.4 Å². The molecule has 1 heterocycles. The molecule has 0 unspecified atom stereocenters. The van der Waals surface area contributed by atoms with Gasteiger partial charge in [0, 0.05) is 10.2 Å². The average molecular weight is 359 g/mol. The van der Waals surface area contributed by atoms with Crippen molar-refractivity contribution in [2.45, 2.75) is 0 Å². The lowest BCUT2D eigenvalue weighted by molar-refractivity contribution is 0.101. The predicted octanol–water partition coefficient (Wildman–Crippen LogP) is 2.58. The topological polar surface area (TPSA) is 79.8 Å². The van der Waals surface area contributed by atoms with Crippen LogP contribution in [0.3, 0.4) is 0 Å². The van der Waals surface area contributed by atoms with E-state index in [1.807, 2.05) is 12.1 Å². The molecule has 0 aliphatic rings. The fourth-order valence-corrected chi connectivity index (χ4v) is 2.33.